The van der Waals surface area contributed by atoms with Gasteiger partial charge in [-0.1, -0.05) is 0 Å². The maximum absolute atomic E-state index is 12.3. The van der Waals surface area contributed by atoms with Crippen molar-refractivity contribution in [2.45, 2.75) is 11.8 Å². The highest BCUT2D eigenvalue weighted by Gasteiger charge is 2.20. The van der Waals surface area contributed by atoms with E-state index in [1.54, 1.807) is 24.3 Å². The lowest BCUT2D eigenvalue weighted by Crippen LogP contribution is -2.33. The molecule has 0 aliphatic rings. The summed E-state index contributed by atoms with van der Waals surface area (Å²) >= 11 is 0. The van der Waals surface area contributed by atoms with E-state index < -0.39 is 21.8 Å². The van der Waals surface area contributed by atoms with Gasteiger partial charge in [0.05, 0.1) is 20.3 Å². The van der Waals surface area contributed by atoms with Crippen LogP contribution in [-0.4, -0.2) is 47.5 Å². The average Bonchev–Trinajstić information content (AvgIpc) is 2.73. The molecule has 0 bridgehead atoms. The summed E-state index contributed by atoms with van der Waals surface area (Å²) in [5.41, 5.74) is 0.632. The minimum absolute atomic E-state index is 0.0773. The molecule has 0 radical (unpaired) electrons. The summed E-state index contributed by atoms with van der Waals surface area (Å²) in [5, 5.41) is 5.10. The van der Waals surface area contributed by atoms with Crippen LogP contribution in [0.1, 0.15) is 17.3 Å². The molecule has 2 aromatic carbocycles. The second kappa shape index (κ2) is 9.89. The summed E-state index contributed by atoms with van der Waals surface area (Å²) in [6.45, 7) is 2.13. The van der Waals surface area contributed by atoms with Crippen LogP contribution in [0, 0.1) is 0 Å². The molecule has 29 heavy (non-hydrogen) atoms. The predicted octanol–water partition coefficient (Wildman–Crippen LogP) is 1.37. The Hall–Kier alpha value is -3.11. The Morgan fingerprint density at radius 3 is 2.34 bits per heavy atom. The molecule has 2 rings (SSSR count). The number of carbonyl (C=O) groups is 2. The predicted molar refractivity (Wildman–Crippen MR) is 108 cm³/mol. The first kappa shape index (κ1) is 22.2. The Kier molecular flexibility index (Phi) is 7.57. The number of carbonyl (C=O) groups excluding carboxylic acids is 2. The van der Waals surface area contributed by atoms with Crippen molar-refractivity contribution >= 4 is 27.5 Å². The number of rotatable bonds is 9. The smallest absolute Gasteiger partial charge is 0.251 e. The van der Waals surface area contributed by atoms with Crippen molar-refractivity contribution in [3.63, 3.8) is 0 Å². The maximum Gasteiger partial charge on any atom is 0.251 e. The standard InChI is InChI=1S/C19H23N3O6S/c1-4-28-15-8-6-14(7-9-15)22-18(23)12-21-19(24)13-5-10-16(27-3)17(11-13)29(25,26)20-2/h5-11,20H,4,12H2,1-3H3,(H,21,24)(H,22,23). The van der Waals surface area contributed by atoms with Gasteiger partial charge in [-0.25, -0.2) is 13.1 Å². The van der Waals surface area contributed by atoms with Gasteiger partial charge >= 0.3 is 0 Å². The summed E-state index contributed by atoms with van der Waals surface area (Å²) in [6, 6.07) is 10.8. The van der Waals surface area contributed by atoms with Crippen LogP contribution in [0.4, 0.5) is 5.69 Å². The lowest BCUT2D eigenvalue weighted by molar-refractivity contribution is -0.115. The van der Waals surface area contributed by atoms with E-state index in [4.69, 9.17) is 9.47 Å². The molecule has 9 nitrogen and oxygen atoms in total. The molecule has 3 N–H and O–H groups in total. The highest BCUT2D eigenvalue weighted by atomic mass is 32.2. The van der Waals surface area contributed by atoms with Crippen LogP contribution in [0.15, 0.2) is 47.4 Å². The van der Waals surface area contributed by atoms with Gasteiger partial charge in [0, 0.05) is 11.3 Å². The minimum Gasteiger partial charge on any atom is -0.495 e. The fourth-order valence-electron chi connectivity index (χ4n) is 2.41. The van der Waals surface area contributed by atoms with Gasteiger partial charge < -0.3 is 20.1 Å². The Labute approximate surface area is 169 Å². The summed E-state index contributed by atoms with van der Waals surface area (Å²) in [7, 11) is -1.24. The zero-order chi connectivity index (χ0) is 21.4. The van der Waals surface area contributed by atoms with E-state index in [9.17, 15) is 18.0 Å². The third-order valence-corrected chi connectivity index (χ3v) is 5.28. The third-order valence-electron chi connectivity index (χ3n) is 3.84. The fraction of sp³-hybridized carbons (Fsp3) is 0.263. The lowest BCUT2D eigenvalue weighted by Gasteiger charge is -2.11. The van der Waals surface area contributed by atoms with Crippen molar-refractivity contribution in [3.8, 4) is 11.5 Å². The number of sulfonamides is 1. The van der Waals surface area contributed by atoms with Crippen molar-refractivity contribution in [1.82, 2.24) is 10.0 Å². The molecule has 0 aliphatic carbocycles. The maximum atomic E-state index is 12.3. The van der Waals surface area contributed by atoms with E-state index in [-0.39, 0.29) is 22.8 Å². The fourth-order valence-corrected chi connectivity index (χ4v) is 3.33. The van der Waals surface area contributed by atoms with Gasteiger partial charge in [-0.05, 0) is 56.4 Å². The number of nitrogens with one attached hydrogen (secondary N) is 3. The SMILES string of the molecule is CCOc1ccc(NC(=O)CNC(=O)c2ccc(OC)c(S(=O)(=O)NC)c2)cc1. The second-order valence-corrected chi connectivity index (χ2v) is 7.62. The van der Waals surface area contributed by atoms with Gasteiger partial charge in [-0.3, -0.25) is 9.59 Å². The molecule has 0 heterocycles. The van der Waals surface area contributed by atoms with E-state index in [1.165, 1.54) is 32.4 Å². The molecular formula is C19H23N3O6S. The molecule has 0 aromatic heterocycles. The van der Waals surface area contributed by atoms with E-state index in [1.807, 2.05) is 6.92 Å². The average molecular weight is 421 g/mol. The molecule has 0 atom stereocenters. The highest BCUT2D eigenvalue weighted by molar-refractivity contribution is 7.89. The zero-order valence-corrected chi connectivity index (χ0v) is 17.1. The number of ether oxygens (including phenoxy) is 2. The van der Waals surface area contributed by atoms with Gasteiger partial charge in [0.2, 0.25) is 15.9 Å². The molecule has 2 amide bonds. The number of benzene rings is 2. The van der Waals surface area contributed by atoms with E-state index in [0.29, 0.717) is 18.0 Å². The van der Waals surface area contributed by atoms with Crippen molar-refractivity contribution < 1.29 is 27.5 Å². The Balaban J connectivity index is 2.01. The molecule has 0 saturated carbocycles. The molecule has 0 spiro atoms. The highest BCUT2D eigenvalue weighted by Crippen LogP contribution is 2.24. The normalized spacial score (nSPS) is 10.9. The van der Waals surface area contributed by atoms with Crippen LogP contribution in [-0.2, 0) is 14.8 Å². The Morgan fingerprint density at radius 1 is 1.07 bits per heavy atom. The summed E-state index contributed by atoms with van der Waals surface area (Å²) in [6.07, 6.45) is 0. The molecule has 0 fully saturated rings. The van der Waals surface area contributed by atoms with Gasteiger partial charge in [0.25, 0.3) is 5.91 Å². The minimum atomic E-state index is -3.82. The van der Waals surface area contributed by atoms with E-state index in [2.05, 4.69) is 15.4 Å². The van der Waals surface area contributed by atoms with Gasteiger partial charge in [-0.2, -0.15) is 0 Å². The van der Waals surface area contributed by atoms with Crippen LogP contribution in [0.5, 0.6) is 11.5 Å². The summed E-state index contributed by atoms with van der Waals surface area (Å²) in [4.78, 5) is 24.2. The van der Waals surface area contributed by atoms with Gasteiger partial charge in [-0.15, -0.1) is 0 Å². The quantitative estimate of drug-likeness (QED) is 0.562. The summed E-state index contributed by atoms with van der Waals surface area (Å²) < 4.78 is 36.7. The molecule has 0 aliphatic heterocycles. The van der Waals surface area contributed by atoms with Crippen LogP contribution < -0.4 is 24.8 Å². The van der Waals surface area contributed by atoms with Crippen LogP contribution in [0.2, 0.25) is 0 Å². The number of hydrogen-bond donors (Lipinski definition) is 3. The number of methoxy groups -OCH3 is 1. The van der Waals surface area contributed by atoms with Crippen molar-refractivity contribution in [1.29, 1.82) is 0 Å². The van der Waals surface area contributed by atoms with Crippen molar-refractivity contribution in [2.75, 3.05) is 32.6 Å². The third kappa shape index (κ3) is 5.93. The van der Waals surface area contributed by atoms with E-state index in [0.717, 1.165) is 0 Å². The molecule has 2 aromatic rings. The first-order chi connectivity index (χ1) is 13.8. The monoisotopic (exact) mass is 421 g/mol. The largest absolute Gasteiger partial charge is 0.495 e. The molecule has 156 valence electrons. The van der Waals surface area contributed by atoms with Crippen molar-refractivity contribution in [3.05, 3.63) is 48.0 Å². The Morgan fingerprint density at radius 2 is 1.76 bits per heavy atom. The Bertz CT molecular complexity index is 974. The molecular weight excluding hydrogens is 398 g/mol. The van der Waals surface area contributed by atoms with Crippen molar-refractivity contribution in [2.24, 2.45) is 0 Å². The number of anilines is 1. The van der Waals surface area contributed by atoms with E-state index >= 15 is 0 Å². The second-order valence-electron chi connectivity index (χ2n) is 5.76. The van der Waals surface area contributed by atoms with Crippen LogP contribution >= 0.6 is 0 Å². The summed E-state index contributed by atoms with van der Waals surface area (Å²) in [5.74, 6) is -0.240. The molecule has 0 unspecified atom stereocenters. The van der Waals surface area contributed by atoms with Crippen LogP contribution in [0.25, 0.3) is 0 Å². The zero-order valence-electron chi connectivity index (χ0n) is 16.3. The van der Waals surface area contributed by atoms with Crippen LogP contribution in [0.3, 0.4) is 0 Å². The number of hydrogen-bond acceptors (Lipinski definition) is 6. The molecule has 10 heteroatoms. The first-order valence-corrected chi connectivity index (χ1v) is 10.2. The van der Waals surface area contributed by atoms with Gasteiger partial charge in [0.1, 0.15) is 16.4 Å². The molecule has 0 saturated heterocycles. The topological polar surface area (TPSA) is 123 Å². The first-order valence-electron chi connectivity index (χ1n) is 8.73. The lowest BCUT2D eigenvalue weighted by atomic mass is 10.2. The van der Waals surface area contributed by atoms with Gasteiger partial charge in [0.15, 0.2) is 0 Å². The number of amides is 2.